The van der Waals surface area contributed by atoms with Crippen molar-refractivity contribution < 1.29 is 19.4 Å². The highest BCUT2D eigenvalue weighted by Crippen LogP contribution is 2.37. The minimum atomic E-state index is -0.697. The molecule has 1 aliphatic carbocycles. The smallest absolute Gasteiger partial charge is 0.323 e. The number of carboxylic acids is 1. The van der Waals surface area contributed by atoms with Crippen LogP contribution in [0, 0.1) is 0 Å². The van der Waals surface area contributed by atoms with Crippen LogP contribution in [0.3, 0.4) is 0 Å². The molecule has 3 rings (SSSR count). The highest BCUT2D eigenvalue weighted by molar-refractivity contribution is 5.80. The summed E-state index contributed by atoms with van der Waals surface area (Å²) in [6.07, 6.45) is 5.23. The number of carboxylic acid groups (broad SMARTS) is 1. The molecule has 5 heteroatoms. The van der Waals surface area contributed by atoms with Gasteiger partial charge in [-0.25, -0.2) is 0 Å². The molecule has 0 aromatic carbocycles. The summed E-state index contributed by atoms with van der Waals surface area (Å²) >= 11 is 0. The number of nitrogens with one attached hydrogen (secondary N) is 1. The lowest BCUT2D eigenvalue weighted by molar-refractivity contribution is -0.151. The van der Waals surface area contributed by atoms with E-state index in [1.54, 1.807) is 0 Å². The van der Waals surface area contributed by atoms with E-state index in [1.807, 2.05) is 0 Å². The molecule has 102 valence electrons. The Hall–Kier alpha value is -0.650. The molecular weight excluding hydrogens is 234 g/mol. The zero-order valence-corrected chi connectivity index (χ0v) is 10.6. The second-order valence-corrected chi connectivity index (χ2v) is 5.91. The number of carbonyl (C=O) groups is 1. The van der Waals surface area contributed by atoms with Crippen molar-refractivity contribution in [1.82, 2.24) is 5.32 Å². The zero-order chi connectivity index (χ0) is 12.6. The quantitative estimate of drug-likeness (QED) is 0.785. The van der Waals surface area contributed by atoms with Gasteiger partial charge in [0.05, 0.1) is 12.2 Å². The molecule has 2 saturated heterocycles. The maximum Gasteiger partial charge on any atom is 0.323 e. The van der Waals surface area contributed by atoms with Gasteiger partial charge in [-0.2, -0.15) is 0 Å². The Morgan fingerprint density at radius 1 is 1.28 bits per heavy atom. The van der Waals surface area contributed by atoms with Crippen molar-refractivity contribution in [1.29, 1.82) is 0 Å². The number of rotatable bonds is 3. The minimum Gasteiger partial charge on any atom is -0.480 e. The number of hydrogen-bond donors (Lipinski definition) is 2. The van der Waals surface area contributed by atoms with Crippen LogP contribution in [0.2, 0.25) is 0 Å². The average Bonchev–Trinajstić information content (AvgIpc) is 2.71. The van der Waals surface area contributed by atoms with Crippen LogP contribution in [-0.4, -0.2) is 48.1 Å². The summed E-state index contributed by atoms with van der Waals surface area (Å²) in [5.74, 6) is -0.697. The van der Waals surface area contributed by atoms with Gasteiger partial charge in [0.1, 0.15) is 5.54 Å². The second kappa shape index (κ2) is 4.47. The first-order valence-corrected chi connectivity index (χ1v) is 6.87. The summed E-state index contributed by atoms with van der Waals surface area (Å²) in [7, 11) is 0. The van der Waals surface area contributed by atoms with Crippen molar-refractivity contribution in [3.05, 3.63) is 0 Å². The van der Waals surface area contributed by atoms with Gasteiger partial charge in [-0.05, 0) is 32.1 Å². The van der Waals surface area contributed by atoms with E-state index in [9.17, 15) is 9.90 Å². The molecule has 2 aliphatic heterocycles. The summed E-state index contributed by atoms with van der Waals surface area (Å²) in [6.45, 7) is 2.12. The molecule has 5 nitrogen and oxygen atoms in total. The first-order valence-electron chi connectivity index (χ1n) is 6.87. The predicted molar refractivity (Wildman–Crippen MR) is 64.5 cm³/mol. The van der Waals surface area contributed by atoms with Crippen LogP contribution in [0.4, 0.5) is 0 Å². The molecular formula is C13H21NO4. The molecule has 1 spiro atoms. The molecule has 2 heterocycles. The van der Waals surface area contributed by atoms with Crippen LogP contribution in [0.25, 0.3) is 0 Å². The van der Waals surface area contributed by atoms with Crippen molar-refractivity contribution in [2.24, 2.45) is 0 Å². The van der Waals surface area contributed by atoms with Crippen molar-refractivity contribution >= 4 is 5.97 Å². The first-order chi connectivity index (χ1) is 8.64. The maximum absolute atomic E-state index is 11.4. The molecule has 3 fully saturated rings. The third-order valence-corrected chi connectivity index (χ3v) is 4.66. The second-order valence-electron chi connectivity index (χ2n) is 5.91. The Balaban J connectivity index is 1.64. The van der Waals surface area contributed by atoms with E-state index in [2.05, 4.69) is 5.32 Å². The SMILES string of the molecule is O=C(O)C1(NC2CCOC3(CCOC3)C2)CCC1. The first kappa shape index (κ1) is 12.4. The molecule has 2 atom stereocenters. The number of ether oxygens (including phenoxy) is 2. The van der Waals surface area contributed by atoms with Crippen LogP contribution in [0.5, 0.6) is 0 Å². The highest BCUT2D eigenvalue weighted by Gasteiger charge is 2.48. The fraction of sp³-hybridized carbons (Fsp3) is 0.923. The molecule has 0 bridgehead atoms. The van der Waals surface area contributed by atoms with Gasteiger partial charge in [0.2, 0.25) is 0 Å². The van der Waals surface area contributed by atoms with Gasteiger partial charge in [-0.15, -0.1) is 0 Å². The molecule has 0 amide bonds. The number of hydrogen-bond acceptors (Lipinski definition) is 4. The van der Waals surface area contributed by atoms with Crippen LogP contribution in [0.1, 0.15) is 38.5 Å². The van der Waals surface area contributed by atoms with Crippen molar-refractivity contribution in [3.63, 3.8) is 0 Å². The van der Waals surface area contributed by atoms with E-state index >= 15 is 0 Å². The summed E-state index contributed by atoms with van der Waals surface area (Å²) in [6, 6.07) is 0.247. The predicted octanol–water partition coefficient (Wildman–Crippen LogP) is 0.921. The fourth-order valence-electron chi connectivity index (χ4n) is 3.36. The molecule has 0 radical (unpaired) electrons. The Morgan fingerprint density at radius 2 is 2.11 bits per heavy atom. The molecule has 1 saturated carbocycles. The van der Waals surface area contributed by atoms with E-state index in [4.69, 9.17) is 9.47 Å². The zero-order valence-electron chi connectivity index (χ0n) is 10.6. The highest BCUT2D eigenvalue weighted by atomic mass is 16.6. The van der Waals surface area contributed by atoms with Gasteiger partial charge in [0.25, 0.3) is 0 Å². The Bertz CT molecular complexity index is 334. The minimum absolute atomic E-state index is 0.153. The standard InChI is InChI=1S/C13H21NO4/c15-11(16)13(3-1-4-13)14-10-2-6-18-12(8-10)5-7-17-9-12/h10,14H,1-9H2,(H,15,16). The summed E-state index contributed by atoms with van der Waals surface area (Å²) in [5.41, 5.74) is -0.817. The Labute approximate surface area is 107 Å². The fourth-order valence-corrected chi connectivity index (χ4v) is 3.36. The molecule has 0 aromatic rings. The van der Waals surface area contributed by atoms with Gasteiger partial charge in [-0.1, -0.05) is 0 Å². The van der Waals surface area contributed by atoms with Gasteiger partial charge in [-0.3, -0.25) is 10.1 Å². The molecule has 2 unspecified atom stereocenters. The lowest BCUT2D eigenvalue weighted by Gasteiger charge is -2.45. The van der Waals surface area contributed by atoms with Crippen LogP contribution < -0.4 is 5.32 Å². The van der Waals surface area contributed by atoms with Crippen LogP contribution >= 0.6 is 0 Å². The third kappa shape index (κ3) is 2.04. The maximum atomic E-state index is 11.4. The van der Waals surface area contributed by atoms with E-state index < -0.39 is 11.5 Å². The van der Waals surface area contributed by atoms with Crippen molar-refractivity contribution in [2.45, 2.75) is 55.7 Å². The lowest BCUT2D eigenvalue weighted by atomic mass is 9.75. The monoisotopic (exact) mass is 255 g/mol. The molecule has 2 N–H and O–H groups in total. The summed E-state index contributed by atoms with van der Waals surface area (Å²) in [4.78, 5) is 11.4. The summed E-state index contributed by atoms with van der Waals surface area (Å²) in [5, 5.41) is 12.7. The van der Waals surface area contributed by atoms with Gasteiger partial charge < -0.3 is 14.6 Å². The Morgan fingerprint density at radius 3 is 2.67 bits per heavy atom. The van der Waals surface area contributed by atoms with E-state index in [0.29, 0.717) is 13.2 Å². The van der Waals surface area contributed by atoms with E-state index in [0.717, 1.165) is 45.1 Å². The third-order valence-electron chi connectivity index (χ3n) is 4.66. The van der Waals surface area contributed by atoms with E-state index in [1.165, 1.54) is 0 Å². The normalized spacial score (nSPS) is 38.6. The van der Waals surface area contributed by atoms with Crippen molar-refractivity contribution in [2.75, 3.05) is 19.8 Å². The molecule has 18 heavy (non-hydrogen) atoms. The number of aliphatic carboxylic acids is 1. The van der Waals surface area contributed by atoms with Gasteiger partial charge in [0.15, 0.2) is 0 Å². The average molecular weight is 255 g/mol. The van der Waals surface area contributed by atoms with E-state index in [-0.39, 0.29) is 11.6 Å². The largest absolute Gasteiger partial charge is 0.480 e. The van der Waals surface area contributed by atoms with Crippen molar-refractivity contribution in [3.8, 4) is 0 Å². The van der Waals surface area contributed by atoms with Crippen LogP contribution in [-0.2, 0) is 14.3 Å². The van der Waals surface area contributed by atoms with Gasteiger partial charge >= 0.3 is 5.97 Å². The topological polar surface area (TPSA) is 67.8 Å². The molecule has 3 aliphatic rings. The molecule has 0 aromatic heterocycles. The summed E-state index contributed by atoms with van der Waals surface area (Å²) < 4.78 is 11.3. The lowest BCUT2D eigenvalue weighted by Crippen LogP contribution is -2.62. The Kier molecular flexibility index (Phi) is 3.08. The van der Waals surface area contributed by atoms with Crippen LogP contribution in [0.15, 0.2) is 0 Å². The van der Waals surface area contributed by atoms with Gasteiger partial charge in [0, 0.05) is 25.7 Å².